The van der Waals surface area contributed by atoms with Gasteiger partial charge in [0.15, 0.2) is 0 Å². The molecule has 0 spiro atoms. The van der Waals surface area contributed by atoms with Crippen LogP contribution in [-0.2, 0) is 16.6 Å². The Hall–Kier alpha value is -1.35. The fraction of sp³-hybridized carbons (Fsp3) is 0.562. The summed E-state index contributed by atoms with van der Waals surface area (Å²) in [5, 5.41) is 13.3. The summed E-state index contributed by atoms with van der Waals surface area (Å²) in [6.07, 6.45) is 2.21. The maximum absolute atomic E-state index is 11.4. The van der Waals surface area contributed by atoms with E-state index in [0.717, 1.165) is 18.5 Å². The van der Waals surface area contributed by atoms with Crippen molar-refractivity contribution in [1.82, 2.24) is 0 Å². The van der Waals surface area contributed by atoms with E-state index in [0.29, 0.717) is 12.8 Å². The molecule has 0 radical (unpaired) electrons. The van der Waals surface area contributed by atoms with Gasteiger partial charge in [-0.3, -0.25) is 0 Å². The van der Waals surface area contributed by atoms with E-state index in [1.807, 2.05) is 5.32 Å². The van der Waals surface area contributed by atoms with Crippen molar-refractivity contribution in [2.45, 2.75) is 51.0 Å². The van der Waals surface area contributed by atoms with Gasteiger partial charge >= 0.3 is 0 Å². The first-order chi connectivity index (χ1) is 8.83. The highest BCUT2D eigenvalue weighted by Crippen LogP contribution is 2.24. The summed E-state index contributed by atoms with van der Waals surface area (Å²) >= 11 is 0. The molecule has 1 aliphatic heterocycles. The van der Waals surface area contributed by atoms with Gasteiger partial charge in [0, 0.05) is 19.3 Å². The maximum atomic E-state index is 11.4. The highest BCUT2D eigenvalue weighted by atomic mass is 16.4. The predicted octanol–water partition coefficient (Wildman–Crippen LogP) is 0.373. The number of hydrogen-bond acceptors (Lipinski definition) is 2. The molecule has 1 saturated heterocycles. The number of carboxylic acids is 1. The molecule has 0 unspecified atom stereocenters. The van der Waals surface area contributed by atoms with Crippen molar-refractivity contribution in [1.29, 1.82) is 0 Å². The van der Waals surface area contributed by atoms with Crippen molar-refractivity contribution >= 4 is 5.97 Å². The number of quaternary nitrogens is 1. The van der Waals surface area contributed by atoms with Gasteiger partial charge in [-0.1, -0.05) is 45.0 Å². The molecule has 104 valence electrons. The number of nitrogens with two attached hydrogens (primary N) is 1. The highest BCUT2D eigenvalue weighted by Gasteiger charge is 2.39. The molecule has 1 atom stereocenters. The third kappa shape index (κ3) is 2.98. The van der Waals surface area contributed by atoms with Crippen LogP contribution in [0, 0.1) is 0 Å². The Morgan fingerprint density at radius 3 is 2.37 bits per heavy atom. The number of carboxylic acid groups (broad SMARTS) is 1. The van der Waals surface area contributed by atoms with E-state index in [2.05, 4.69) is 45.0 Å². The molecule has 2 N–H and O–H groups in total. The molecule has 0 amide bonds. The summed E-state index contributed by atoms with van der Waals surface area (Å²) < 4.78 is 0. The van der Waals surface area contributed by atoms with E-state index in [1.165, 1.54) is 5.56 Å². The van der Waals surface area contributed by atoms with Crippen LogP contribution in [0.4, 0.5) is 0 Å². The molecule has 0 aliphatic carbocycles. The lowest BCUT2D eigenvalue weighted by atomic mass is 9.84. The summed E-state index contributed by atoms with van der Waals surface area (Å²) in [5.41, 5.74) is 1.73. The third-order valence-corrected chi connectivity index (χ3v) is 4.11. The third-order valence-electron chi connectivity index (χ3n) is 4.11. The topological polar surface area (TPSA) is 56.7 Å². The van der Waals surface area contributed by atoms with Gasteiger partial charge in [-0.05, 0) is 16.5 Å². The summed E-state index contributed by atoms with van der Waals surface area (Å²) in [4.78, 5) is 11.4. The summed E-state index contributed by atoms with van der Waals surface area (Å²) in [6, 6.07) is 8.31. The van der Waals surface area contributed by atoms with Gasteiger partial charge in [0.1, 0.15) is 11.5 Å². The van der Waals surface area contributed by atoms with Crippen LogP contribution in [0.15, 0.2) is 24.3 Å². The number of aliphatic carboxylic acids is 1. The number of benzene rings is 1. The normalized spacial score (nSPS) is 23.5. The molecular formula is C16H23NO2. The Bertz CT molecular complexity index is 451. The lowest BCUT2D eigenvalue weighted by Gasteiger charge is -2.27. The molecule has 1 aromatic rings. The first-order valence-electron chi connectivity index (χ1n) is 6.99. The van der Waals surface area contributed by atoms with Crippen molar-refractivity contribution in [3.05, 3.63) is 35.4 Å². The quantitative estimate of drug-likeness (QED) is 0.855. The van der Waals surface area contributed by atoms with E-state index >= 15 is 0 Å². The van der Waals surface area contributed by atoms with Crippen LogP contribution < -0.4 is 10.4 Å². The Labute approximate surface area is 115 Å². The van der Waals surface area contributed by atoms with Gasteiger partial charge in [0.05, 0.1) is 6.54 Å². The lowest BCUT2D eigenvalue weighted by molar-refractivity contribution is -0.700. The van der Waals surface area contributed by atoms with Crippen LogP contribution in [-0.4, -0.2) is 18.1 Å². The molecule has 1 fully saturated rings. The molecule has 1 aromatic carbocycles. The monoisotopic (exact) mass is 261 g/mol. The summed E-state index contributed by atoms with van der Waals surface area (Å²) in [5.74, 6) is -0.926. The fourth-order valence-electron chi connectivity index (χ4n) is 2.80. The summed E-state index contributed by atoms with van der Waals surface area (Å²) in [7, 11) is 0. The zero-order valence-corrected chi connectivity index (χ0v) is 12.0. The highest BCUT2D eigenvalue weighted by molar-refractivity contribution is 5.75. The van der Waals surface area contributed by atoms with Crippen molar-refractivity contribution in [3.8, 4) is 0 Å². The van der Waals surface area contributed by atoms with Crippen LogP contribution in [0.3, 0.4) is 0 Å². The average molecular weight is 261 g/mol. The Morgan fingerprint density at radius 2 is 1.95 bits per heavy atom. The van der Waals surface area contributed by atoms with Crippen LogP contribution >= 0.6 is 0 Å². The van der Waals surface area contributed by atoms with E-state index < -0.39 is 11.5 Å². The molecule has 0 saturated carbocycles. The fourth-order valence-corrected chi connectivity index (χ4v) is 2.80. The number of carbonyl (C=O) groups is 1. The zero-order valence-electron chi connectivity index (χ0n) is 12.0. The second kappa shape index (κ2) is 4.97. The predicted molar refractivity (Wildman–Crippen MR) is 72.6 cm³/mol. The SMILES string of the molecule is CC(C)(C)c1ccc(C[C@]2(C(=O)[O-])CCC[NH2+]2)cc1. The Kier molecular flexibility index (Phi) is 3.68. The minimum Gasteiger partial charge on any atom is -0.544 e. The van der Waals surface area contributed by atoms with Crippen molar-refractivity contribution in [3.63, 3.8) is 0 Å². The molecule has 2 rings (SSSR count). The smallest absolute Gasteiger partial charge is 0.140 e. The van der Waals surface area contributed by atoms with Gasteiger partial charge < -0.3 is 15.2 Å². The van der Waals surface area contributed by atoms with Crippen LogP contribution in [0.5, 0.6) is 0 Å². The first kappa shape index (κ1) is 14.1. The minimum absolute atomic E-state index is 0.129. The van der Waals surface area contributed by atoms with E-state index in [1.54, 1.807) is 0 Å². The standard InChI is InChI=1S/C16H23NO2/c1-15(2,3)13-7-5-12(6-8-13)11-16(14(18)19)9-4-10-17-16/h5-8,17H,4,9-11H2,1-3H3,(H,18,19)/t16-/m0/s1. The average Bonchev–Trinajstić information content (AvgIpc) is 2.78. The van der Waals surface area contributed by atoms with Gasteiger partial charge in [-0.25, -0.2) is 0 Å². The van der Waals surface area contributed by atoms with Crippen molar-refractivity contribution in [2.75, 3.05) is 6.54 Å². The Balaban J connectivity index is 2.17. The van der Waals surface area contributed by atoms with Crippen molar-refractivity contribution in [2.24, 2.45) is 0 Å². The van der Waals surface area contributed by atoms with Gasteiger partial charge in [-0.15, -0.1) is 0 Å². The van der Waals surface area contributed by atoms with Gasteiger partial charge in [0.2, 0.25) is 0 Å². The van der Waals surface area contributed by atoms with E-state index in [9.17, 15) is 9.90 Å². The molecule has 3 heteroatoms. The molecule has 0 bridgehead atoms. The second-order valence-corrected chi connectivity index (χ2v) is 6.66. The molecule has 1 aliphatic rings. The zero-order chi connectivity index (χ0) is 14.1. The largest absolute Gasteiger partial charge is 0.544 e. The summed E-state index contributed by atoms with van der Waals surface area (Å²) in [6.45, 7) is 7.41. The molecular weight excluding hydrogens is 238 g/mol. The van der Waals surface area contributed by atoms with E-state index in [4.69, 9.17) is 0 Å². The lowest BCUT2D eigenvalue weighted by Crippen LogP contribution is -2.97. The minimum atomic E-state index is -0.926. The number of carbonyl (C=O) groups excluding carboxylic acids is 1. The molecule has 0 aromatic heterocycles. The molecule has 3 nitrogen and oxygen atoms in total. The maximum Gasteiger partial charge on any atom is 0.140 e. The van der Waals surface area contributed by atoms with Crippen LogP contribution in [0.25, 0.3) is 0 Å². The Morgan fingerprint density at radius 1 is 1.32 bits per heavy atom. The number of hydrogen-bond donors (Lipinski definition) is 1. The second-order valence-electron chi connectivity index (χ2n) is 6.66. The van der Waals surface area contributed by atoms with Crippen LogP contribution in [0.2, 0.25) is 0 Å². The molecule has 1 heterocycles. The van der Waals surface area contributed by atoms with E-state index in [-0.39, 0.29) is 5.41 Å². The van der Waals surface area contributed by atoms with Crippen LogP contribution in [0.1, 0.15) is 44.7 Å². The van der Waals surface area contributed by atoms with Gasteiger partial charge in [-0.2, -0.15) is 0 Å². The molecule has 19 heavy (non-hydrogen) atoms. The van der Waals surface area contributed by atoms with Crippen molar-refractivity contribution < 1.29 is 15.2 Å². The first-order valence-corrected chi connectivity index (χ1v) is 6.99. The van der Waals surface area contributed by atoms with Gasteiger partial charge in [0.25, 0.3) is 0 Å². The number of rotatable bonds is 3.